The van der Waals surface area contributed by atoms with Crippen LogP contribution in [0.25, 0.3) is 0 Å². The first-order chi connectivity index (χ1) is 6.69. The summed E-state index contributed by atoms with van der Waals surface area (Å²) in [5.74, 6) is 0.749. The van der Waals surface area contributed by atoms with Gasteiger partial charge < -0.3 is 10.1 Å². The first-order valence-corrected chi connectivity index (χ1v) is 4.55. The highest BCUT2D eigenvalue weighted by Gasteiger charge is 2.05. The molecule has 0 aliphatic carbocycles. The zero-order valence-corrected chi connectivity index (χ0v) is 8.79. The van der Waals surface area contributed by atoms with Gasteiger partial charge in [-0.05, 0) is 32.1 Å². The molecule has 0 saturated heterocycles. The molecule has 2 nitrogen and oxygen atoms in total. The van der Waals surface area contributed by atoms with Gasteiger partial charge in [0.05, 0.1) is 12.8 Å². The van der Waals surface area contributed by atoms with Crippen LogP contribution in [0.4, 0.5) is 0 Å². The molecular weight excluding hydrogens is 174 g/mol. The Balaban J connectivity index is 3.16. The highest BCUT2D eigenvalue weighted by Crippen LogP contribution is 2.20. The van der Waals surface area contributed by atoms with Crippen LogP contribution >= 0.6 is 0 Å². The van der Waals surface area contributed by atoms with Crippen molar-refractivity contribution < 1.29 is 4.74 Å². The number of allylic oxidation sites excluding steroid dienone is 2. The van der Waals surface area contributed by atoms with Crippen LogP contribution in [0.5, 0.6) is 5.75 Å². The third-order valence-corrected chi connectivity index (χ3v) is 1.98. The third-order valence-electron chi connectivity index (χ3n) is 1.98. The second-order valence-corrected chi connectivity index (χ2v) is 3.12. The van der Waals surface area contributed by atoms with E-state index in [2.05, 4.69) is 0 Å². The van der Waals surface area contributed by atoms with Gasteiger partial charge in [0.25, 0.3) is 0 Å². The monoisotopic (exact) mass is 189 g/mol. The summed E-state index contributed by atoms with van der Waals surface area (Å²) >= 11 is 0. The quantitative estimate of drug-likeness (QED) is 0.728. The summed E-state index contributed by atoms with van der Waals surface area (Å²) in [6, 6.07) is 5.83. The van der Waals surface area contributed by atoms with Crippen molar-refractivity contribution in [2.24, 2.45) is 0 Å². The zero-order chi connectivity index (χ0) is 10.6. The van der Waals surface area contributed by atoms with Crippen LogP contribution in [-0.4, -0.2) is 12.8 Å². The Kier molecular flexibility index (Phi) is 3.46. The lowest BCUT2D eigenvalue weighted by Gasteiger charge is -2.07. The molecule has 0 spiro atoms. The minimum Gasteiger partial charge on any atom is -0.496 e. The van der Waals surface area contributed by atoms with E-state index in [-0.39, 0.29) is 0 Å². The fraction of sp³-hybridized carbons (Fsp3) is 0.250. The molecule has 0 unspecified atom stereocenters. The molecule has 14 heavy (non-hydrogen) atoms. The van der Waals surface area contributed by atoms with Crippen LogP contribution in [0, 0.1) is 12.3 Å². The van der Waals surface area contributed by atoms with E-state index in [1.807, 2.05) is 38.1 Å². The Bertz CT molecular complexity index is 367. The van der Waals surface area contributed by atoms with Crippen molar-refractivity contribution >= 4 is 5.71 Å². The molecule has 0 bridgehead atoms. The van der Waals surface area contributed by atoms with Crippen molar-refractivity contribution in [3.05, 3.63) is 41.5 Å². The topological polar surface area (TPSA) is 33.1 Å². The molecule has 1 N–H and O–H groups in total. The molecule has 0 fully saturated rings. The number of aryl methyl sites for hydroxylation is 1. The lowest BCUT2D eigenvalue weighted by molar-refractivity contribution is 0.414. The molecule has 74 valence electrons. The average molecular weight is 189 g/mol. The lowest BCUT2D eigenvalue weighted by Crippen LogP contribution is -1.99. The van der Waals surface area contributed by atoms with Crippen LogP contribution < -0.4 is 4.74 Å². The highest BCUT2D eigenvalue weighted by molar-refractivity contribution is 6.08. The number of methoxy groups -OCH3 is 1. The van der Waals surface area contributed by atoms with Crippen LogP contribution in [-0.2, 0) is 0 Å². The Hall–Kier alpha value is -1.57. The van der Waals surface area contributed by atoms with Gasteiger partial charge in [-0.2, -0.15) is 0 Å². The highest BCUT2D eigenvalue weighted by atomic mass is 16.5. The molecule has 0 aliphatic heterocycles. The van der Waals surface area contributed by atoms with Crippen molar-refractivity contribution in [3.63, 3.8) is 0 Å². The van der Waals surface area contributed by atoms with Crippen LogP contribution in [0.3, 0.4) is 0 Å². The van der Waals surface area contributed by atoms with Crippen LogP contribution in [0.15, 0.2) is 30.4 Å². The molecule has 0 heterocycles. The zero-order valence-electron chi connectivity index (χ0n) is 8.79. The maximum Gasteiger partial charge on any atom is 0.128 e. The van der Waals surface area contributed by atoms with Crippen LogP contribution in [0.1, 0.15) is 18.1 Å². The van der Waals surface area contributed by atoms with Crippen molar-refractivity contribution in [1.29, 1.82) is 5.41 Å². The van der Waals surface area contributed by atoms with E-state index in [1.165, 1.54) is 0 Å². The average Bonchev–Trinajstić information content (AvgIpc) is 2.18. The second-order valence-electron chi connectivity index (χ2n) is 3.12. The summed E-state index contributed by atoms with van der Waals surface area (Å²) in [5.41, 5.74) is 2.45. The molecule has 0 radical (unpaired) electrons. The molecule has 1 aromatic rings. The fourth-order valence-electron chi connectivity index (χ4n) is 1.29. The van der Waals surface area contributed by atoms with E-state index in [9.17, 15) is 0 Å². The van der Waals surface area contributed by atoms with Gasteiger partial charge >= 0.3 is 0 Å². The fourth-order valence-corrected chi connectivity index (χ4v) is 1.29. The van der Waals surface area contributed by atoms with Gasteiger partial charge in [-0.15, -0.1) is 0 Å². The number of benzene rings is 1. The Labute approximate surface area is 84.7 Å². The van der Waals surface area contributed by atoms with Crippen molar-refractivity contribution in [2.45, 2.75) is 13.8 Å². The van der Waals surface area contributed by atoms with E-state index < -0.39 is 0 Å². The molecule has 0 atom stereocenters. The molecule has 1 aromatic carbocycles. The van der Waals surface area contributed by atoms with E-state index >= 15 is 0 Å². The first-order valence-electron chi connectivity index (χ1n) is 4.55. The molecule has 1 rings (SSSR count). The van der Waals surface area contributed by atoms with Gasteiger partial charge in [0, 0.05) is 5.56 Å². The smallest absolute Gasteiger partial charge is 0.128 e. The number of ether oxygens (including phenoxy) is 1. The normalized spacial score (nSPS) is 10.5. The number of hydrogen-bond acceptors (Lipinski definition) is 2. The lowest BCUT2D eigenvalue weighted by atomic mass is 10.1. The molecule has 0 amide bonds. The summed E-state index contributed by atoms with van der Waals surface area (Å²) in [5, 5.41) is 7.80. The summed E-state index contributed by atoms with van der Waals surface area (Å²) < 4.78 is 5.19. The van der Waals surface area contributed by atoms with Gasteiger partial charge in [-0.1, -0.05) is 17.7 Å². The van der Waals surface area contributed by atoms with Gasteiger partial charge in [0.15, 0.2) is 0 Å². The van der Waals surface area contributed by atoms with Crippen molar-refractivity contribution in [3.8, 4) is 5.75 Å². The number of hydrogen-bond donors (Lipinski definition) is 1. The molecular formula is C12H15NO. The summed E-state index contributed by atoms with van der Waals surface area (Å²) in [4.78, 5) is 0. The Morgan fingerprint density at radius 1 is 1.43 bits per heavy atom. The predicted octanol–water partition coefficient (Wildman–Crippen LogP) is 2.95. The maximum absolute atomic E-state index is 7.80. The maximum atomic E-state index is 7.80. The van der Waals surface area contributed by atoms with E-state index in [1.54, 1.807) is 13.2 Å². The third kappa shape index (κ3) is 2.22. The summed E-state index contributed by atoms with van der Waals surface area (Å²) in [6.07, 6.45) is 3.61. The van der Waals surface area contributed by atoms with Gasteiger partial charge in [0.1, 0.15) is 5.75 Å². The van der Waals surface area contributed by atoms with Gasteiger partial charge in [-0.3, -0.25) is 0 Å². The van der Waals surface area contributed by atoms with E-state index in [0.717, 1.165) is 16.9 Å². The SMILES string of the molecule is C/C=C\C(=N)c1cc(C)ccc1OC. The first kappa shape index (κ1) is 10.5. The minimum atomic E-state index is 0.480. The van der Waals surface area contributed by atoms with Crippen LogP contribution in [0.2, 0.25) is 0 Å². The van der Waals surface area contributed by atoms with Crippen molar-refractivity contribution in [2.75, 3.05) is 7.11 Å². The second kappa shape index (κ2) is 4.61. The van der Waals surface area contributed by atoms with Crippen molar-refractivity contribution in [1.82, 2.24) is 0 Å². The minimum absolute atomic E-state index is 0.480. The number of nitrogens with one attached hydrogen (secondary N) is 1. The molecule has 0 aliphatic rings. The molecule has 0 aromatic heterocycles. The largest absolute Gasteiger partial charge is 0.496 e. The Morgan fingerprint density at radius 2 is 2.14 bits per heavy atom. The Morgan fingerprint density at radius 3 is 2.71 bits per heavy atom. The summed E-state index contributed by atoms with van der Waals surface area (Å²) in [7, 11) is 1.62. The standard InChI is InChI=1S/C12H15NO/c1-4-5-11(13)10-8-9(2)6-7-12(10)14-3/h4-8,13H,1-3H3/b5-4-,13-11?. The van der Waals surface area contributed by atoms with Gasteiger partial charge in [0.2, 0.25) is 0 Å². The summed E-state index contributed by atoms with van der Waals surface area (Å²) in [6.45, 7) is 3.91. The van der Waals surface area contributed by atoms with Gasteiger partial charge in [-0.25, -0.2) is 0 Å². The molecule has 0 saturated carbocycles. The molecule has 2 heteroatoms. The van der Waals surface area contributed by atoms with E-state index in [4.69, 9.17) is 10.1 Å². The number of rotatable bonds is 3. The van der Waals surface area contributed by atoms with E-state index in [0.29, 0.717) is 5.71 Å². The predicted molar refractivity (Wildman–Crippen MR) is 59.4 cm³/mol.